The quantitative estimate of drug-likeness (QED) is 0.754. The number of carbonyl (C=O) groups excluding carboxylic acids is 1. The number of hydrogen-bond donors (Lipinski definition) is 2. The third kappa shape index (κ3) is 3.45. The van der Waals surface area contributed by atoms with E-state index in [2.05, 4.69) is 5.32 Å². The third-order valence-corrected chi connectivity index (χ3v) is 1.53. The van der Waals surface area contributed by atoms with Crippen LogP contribution in [-0.2, 0) is 4.79 Å². The molecule has 0 heterocycles. The monoisotopic (exact) mass is 195 g/mol. The molecule has 14 heavy (non-hydrogen) atoms. The summed E-state index contributed by atoms with van der Waals surface area (Å²) < 4.78 is 5.15. The van der Waals surface area contributed by atoms with E-state index < -0.39 is 0 Å². The van der Waals surface area contributed by atoms with Crippen LogP contribution in [0.1, 0.15) is 6.92 Å². The fraction of sp³-hybridized carbons (Fsp3) is 0.300. The van der Waals surface area contributed by atoms with Gasteiger partial charge in [0.2, 0.25) is 5.91 Å². The molecule has 0 saturated carbocycles. The van der Waals surface area contributed by atoms with Crippen LogP contribution >= 0.6 is 0 Å². The van der Waals surface area contributed by atoms with Crippen molar-refractivity contribution in [2.45, 2.75) is 6.92 Å². The second-order valence-electron chi connectivity index (χ2n) is 2.78. The van der Waals surface area contributed by atoms with Gasteiger partial charge < -0.3 is 15.2 Å². The van der Waals surface area contributed by atoms with Crippen LogP contribution in [0.15, 0.2) is 24.3 Å². The van der Waals surface area contributed by atoms with E-state index in [1.54, 1.807) is 24.3 Å². The Bertz CT molecular complexity index is 295. The Morgan fingerprint density at radius 2 is 2.07 bits per heavy atom. The summed E-state index contributed by atoms with van der Waals surface area (Å²) in [6.07, 6.45) is 0. The Morgan fingerprint density at radius 1 is 1.43 bits per heavy atom. The highest BCUT2D eigenvalue weighted by molar-refractivity contribution is 5.88. The Kier molecular flexibility index (Phi) is 3.94. The van der Waals surface area contributed by atoms with Gasteiger partial charge in [-0.15, -0.1) is 0 Å². The number of hydrogen-bond acceptors (Lipinski definition) is 3. The number of aliphatic hydroxyl groups is 1. The molecule has 0 atom stereocenters. The van der Waals surface area contributed by atoms with E-state index in [-0.39, 0.29) is 19.1 Å². The highest BCUT2D eigenvalue weighted by Crippen LogP contribution is 2.15. The summed E-state index contributed by atoms with van der Waals surface area (Å²) in [5, 5.41) is 11.2. The van der Waals surface area contributed by atoms with E-state index in [1.165, 1.54) is 6.92 Å². The van der Waals surface area contributed by atoms with Crippen LogP contribution in [0.2, 0.25) is 0 Å². The highest BCUT2D eigenvalue weighted by Gasteiger charge is 1.96. The number of anilines is 1. The summed E-state index contributed by atoms with van der Waals surface area (Å²) in [6.45, 7) is 1.73. The van der Waals surface area contributed by atoms with Crippen molar-refractivity contribution >= 4 is 11.6 Å². The van der Waals surface area contributed by atoms with Gasteiger partial charge in [-0.25, -0.2) is 0 Å². The average Bonchev–Trinajstić information content (AvgIpc) is 2.16. The molecule has 76 valence electrons. The first kappa shape index (κ1) is 10.5. The topological polar surface area (TPSA) is 58.6 Å². The third-order valence-electron chi connectivity index (χ3n) is 1.53. The minimum atomic E-state index is -0.103. The number of aliphatic hydroxyl groups excluding tert-OH is 1. The molecule has 0 bridgehead atoms. The van der Waals surface area contributed by atoms with Gasteiger partial charge in [-0.3, -0.25) is 4.79 Å². The molecule has 0 aliphatic heterocycles. The maximum atomic E-state index is 10.7. The number of nitrogens with one attached hydrogen (secondary N) is 1. The molecule has 1 aromatic carbocycles. The first-order chi connectivity index (χ1) is 6.72. The number of carbonyl (C=O) groups is 1. The Hall–Kier alpha value is -1.55. The van der Waals surface area contributed by atoms with Crippen molar-refractivity contribution in [3.63, 3.8) is 0 Å². The summed E-state index contributed by atoms with van der Waals surface area (Å²) in [6, 6.07) is 6.96. The molecule has 0 unspecified atom stereocenters. The van der Waals surface area contributed by atoms with E-state index in [4.69, 9.17) is 9.84 Å². The zero-order chi connectivity index (χ0) is 10.4. The Morgan fingerprint density at radius 3 is 2.57 bits per heavy atom. The lowest BCUT2D eigenvalue weighted by Crippen LogP contribution is -2.05. The van der Waals surface area contributed by atoms with Gasteiger partial charge in [0.15, 0.2) is 0 Å². The molecule has 2 N–H and O–H groups in total. The fourth-order valence-corrected chi connectivity index (χ4v) is 1.00. The van der Waals surface area contributed by atoms with E-state index in [0.717, 1.165) is 5.69 Å². The second-order valence-corrected chi connectivity index (χ2v) is 2.78. The van der Waals surface area contributed by atoms with Gasteiger partial charge in [0.25, 0.3) is 0 Å². The van der Waals surface area contributed by atoms with Gasteiger partial charge in [-0.2, -0.15) is 0 Å². The van der Waals surface area contributed by atoms with E-state index in [0.29, 0.717) is 5.75 Å². The van der Waals surface area contributed by atoms with Gasteiger partial charge in [-0.1, -0.05) is 0 Å². The van der Waals surface area contributed by atoms with E-state index >= 15 is 0 Å². The molecule has 0 saturated heterocycles. The van der Waals surface area contributed by atoms with Gasteiger partial charge in [0, 0.05) is 12.6 Å². The molecule has 0 aromatic heterocycles. The molecule has 1 aromatic rings. The molecular formula is C10H13NO3. The number of benzene rings is 1. The molecule has 4 heteroatoms. The largest absolute Gasteiger partial charge is 0.491 e. The van der Waals surface area contributed by atoms with Crippen LogP contribution < -0.4 is 10.1 Å². The summed E-state index contributed by atoms with van der Waals surface area (Å²) in [5.41, 5.74) is 0.730. The average molecular weight is 195 g/mol. The maximum Gasteiger partial charge on any atom is 0.221 e. The van der Waals surface area contributed by atoms with Crippen molar-refractivity contribution in [2.75, 3.05) is 18.5 Å². The summed E-state index contributed by atoms with van der Waals surface area (Å²) >= 11 is 0. The zero-order valence-electron chi connectivity index (χ0n) is 7.99. The second kappa shape index (κ2) is 5.24. The summed E-state index contributed by atoms with van der Waals surface area (Å²) in [5.74, 6) is 0.571. The molecule has 0 radical (unpaired) electrons. The van der Waals surface area contributed by atoms with Gasteiger partial charge >= 0.3 is 0 Å². The van der Waals surface area contributed by atoms with Gasteiger partial charge in [0.05, 0.1) is 6.61 Å². The lowest BCUT2D eigenvalue weighted by atomic mass is 10.3. The number of amides is 1. The molecule has 0 spiro atoms. The van der Waals surface area contributed by atoms with Crippen LogP contribution in [0, 0.1) is 0 Å². The molecule has 0 aliphatic carbocycles. The van der Waals surface area contributed by atoms with Crippen molar-refractivity contribution in [3.05, 3.63) is 24.3 Å². The molecule has 1 rings (SSSR count). The van der Waals surface area contributed by atoms with Crippen LogP contribution in [-0.4, -0.2) is 24.2 Å². The first-order valence-electron chi connectivity index (χ1n) is 4.33. The summed E-state index contributed by atoms with van der Waals surface area (Å²) in [7, 11) is 0. The number of ether oxygens (including phenoxy) is 1. The maximum absolute atomic E-state index is 10.7. The molecular weight excluding hydrogens is 182 g/mol. The highest BCUT2D eigenvalue weighted by atomic mass is 16.5. The SMILES string of the molecule is CC(=O)Nc1ccc(OCCO)cc1. The minimum absolute atomic E-state index is 0.00650. The first-order valence-corrected chi connectivity index (χ1v) is 4.33. The smallest absolute Gasteiger partial charge is 0.221 e. The van der Waals surface area contributed by atoms with Crippen molar-refractivity contribution in [1.82, 2.24) is 0 Å². The zero-order valence-corrected chi connectivity index (χ0v) is 7.99. The van der Waals surface area contributed by atoms with Crippen molar-refractivity contribution in [1.29, 1.82) is 0 Å². The lowest BCUT2D eigenvalue weighted by Gasteiger charge is -2.05. The van der Waals surface area contributed by atoms with Crippen LogP contribution in [0.5, 0.6) is 5.75 Å². The Labute approximate surface area is 82.5 Å². The normalized spacial score (nSPS) is 9.57. The molecule has 0 aliphatic rings. The summed E-state index contributed by atoms with van der Waals surface area (Å²) in [4.78, 5) is 10.7. The number of rotatable bonds is 4. The van der Waals surface area contributed by atoms with Crippen molar-refractivity contribution in [3.8, 4) is 5.75 Å². The fourth-order valence-electron chi connectivity index (χ4n) is 1.00. The molecule has 4 nitrogen and oxygen atoms in total. The predicted octanol–water partition coefficient (Wildman–Crippen LogP) is 1.02. The van der Waals surface area contributed by atoms with Crippen LogP contribution in [0.4, 0.5) is 5.69 Å². The molecule has 0 fully saturated rings. The van der Waals surface area contributed by atoms with Crippen LogP contribution in [0.25, 0.3) is 0 Å². The van der Waals surface area contributed by atoms with Crippen molar-refractivity contribution in [2.24, 2.45) is 0 Å². The molecule has 1 amide bonds. The lowest BCUT2D eigenvalue weighted by molar-refractivity contribution is -0.114. The standard InChI is InChI=1S/C10H13NO3/c1-8(13)11-9-2-4-10(5-3-9)14-7-6-12/h2-5,12H,6-7H2,1H3,(H,11,13). The van der Waals surface area contributed by atoms with Crippen LogP contribution in [0.3, 0.4) is 0 Å². The van der Waals surface area contributed by atoms with Gasteiger partial charge in [0.1, 0.15) is 12.4 Å². The van der Waals surface area contributed by atoms with Gasteiger partial charge in [-0.05, 0) is 24.3 Å². The van der Waals surface area contributed by atoms with E-state index in [1.807, 2.05) is 0 Å². The minimum Gasteiger partial charge on any atom is -0.491 e. The van der Waals surface area contributed by atoms with Crippen molar-refractivity contribution < 1.29 is 14.6 Å². The van der Waals surface area contributed by atoms with E-state index in [9.17, 15) is 4.79 Å². The Balaban J connectivity index is 2.54. The predicted molar refractivity (Wildman–Crippen MR) is 53.3 cm³/mol.